The number of likely N-dealkylation sites (tertiary alicyclic amines) is 1. The van der Waals surface area contributed by atoms with Crippen LogP contribution < -0.4 is 0 Å². The first-order valence-corrected chi connectivity index (χ1v) is 11.5. The first-order chi connectivity index (χ1) is 14.8. The molecule has 1 aromatic heterocycles. The molecule has 0 atom stereocenters. The smallest absolute Gasteiger partial charge is 0.225 e. The molecule has 1 saturated heterocycles. The van der Waals surface area contributed by atoms with Gasteiger partial charge in [0.25, 0.3) is 0 Å². The summed E-state index contributed by atoms with van der Waals surface area (Å²) in [5.41, 5.74) is 4.11. The molecule has 31 heavy (non-hydrogen) atoms. The molecule has 1 aliphatic heterocycles. The van der Waals surface area contributed by atoms with Crippen molar-refractivity contribution >= 4 is 23.4 Å². The summed E-state index contributed by atoms with van der Waals surface area (Å²) in [6.07, 6.45) is 3.57. The molecular weight excluding hydrogens is 412 g/mol. The van der Waals surface area contributed by atoms with Crippen molar-refractivity contribution in [2.45, 2.75) is 52.6 Å². The van der Waals surface area contributed by atoms with Crippen LogP contribution in [0.25, 0.3) is 0 Å². The summed E-state index contributed by atoms with van der Waals surface area (Å²) >= 11 is 6.32. The monoisotopic (exact) mass is 442 g/mol. The van der Waals surface area contributed by atoms with E-state index in [4.69, 9.17) is 16.7 Å². The Bertz CT molecular complexity index is 974. The molecule has 0 unspecified atom stereocenters. The topological polar surface area (TPSA) is 58.4 Å². The van der Waals surface area contributed by atoms with E-state index in [0.29, 0.717) is 26.2 Å². The Morgan fingerprint density at radius 2 is 1.77 bits per heavy atom. The summed E-state index contributed by atoms with van der Waals surface area (Å²) in [6.45, 7) is 6.59. The standard InChI is InChI=1S/C24H31ClN4O2/c1-16-21(17(2)29(26-16)14-20-6-4-5-7-22(20)25)15-27(3)23(30)19-10-12-28(13-11-19)24(31)18-8-9-18/h4-7,18-19H,8-15H2,1-3H3. The molecule has 2 amide bonds. The Morgan fingerprint density at radius 1 is 1.10 bits per heavy atom. The molecule has 4 rings (SSSR count). The van der Waals surface area contributed by atoms with E-state index in [2.05, 4.69) is 0 Å². The number of halogens is 1. The first-order valence-electron chi connectivity index (χ1n) is 11.1. The molecule has 0 bridgehead atoms. The van der Waals surface area contributed by atoms with Crippen LogP contribution in [-0.4, -0.2) is 51.5 Å². The SMILES string of the molecule is Cc1nn(Cc2ccccc2Cl)c(C)c1CN(C)C(=O)C1CCN(C(=O)C2CC2)CC1. The van der Waals surface area contributed by atoms with Crippen LogP contribution >= 0.6 is 11.6 Å². The van der Waals surface area contributed by atoms with E-state index in [1.54, 1.807) is 0 Å². The maximum atomic E-state index is 13.1. The minimum Gasteiger partial charge on any atom is -0.342 e. The van der Waals surface area contributed by atoms with Gasteiger partial charge in [-0.15, -0.1) is 0 Å². The molecule has 2 heterocycles. The van der Waals surface area contributed by atoms with E-state index in [1.165, 1.54) is 0 Å². The Hall–Kier alpha value is -2.34. The van der Waals surface area contributed by atoms with E-state index in [9.17, 15) is 9.59 Å². The van der Waals surface area contributed by atoms with E-state index >= 15 is 0 Å². The average Bonchev–Trinajstić information content (AvgIpc) is 3.58. The van der Waals surface area contributed by atoms with Crippen LogP contribution in [0.2, 0.25) is 5.02 Å². The minimum atomic E-state index is -0.00737. The fourth-order valence-electron chi connectivity index (χ4n) is 4.47. The summed E-state index contributed by atoms with van der Waals surface area (Å²) < 4.78 is 1.96. The zero-order chi connectivity index (χ0) is 22.1. The molecule has 6 nitrogen and oxygen atoms in total. The quantitative estimate of drug-likeness (QED) is 0.683. The molecule has 1 aliphatic carbocycles. The van der Waals surface area contributed by atoms with Gasteiger partial charge < -0.3 is 9.80 Å². The molecule has 1 saturated carbocycles. The zero-order valence-corrected chi connectivity index (χ0v) is 19.4. The van der Waals surface area contributed by atoms with E-state index in [-0.39, 0.29) is 23.7 Å². The van der Waals surface area contributed by atoms with Crippen molar-refractivity contribution < 1.29 is 9.59 Å². The maximum Gasteiger partial charge on any atom is 0.225 e. The van der Waals surface area contributed by atoms with Gasteiger partial charge in [0.1, 0.15) is 0 Å². The van der Waals surface area contributed by atoms with Crippen molar-refractivity contribution in [2.24, 2.45) is 11.8 Å². The molecule has 1 aromatic carbocycles. The lowest BCUT2D eigenvalue weighted by molar-refractivity contribution is -0.140. The number of hydrogen-bond acceptors (Lipinski definition) is 3. The molecule has 2 aromatic rings. The van der Waals surface area contributed by atoms with Crippen LogP contribution in [0, 0.1) is 25.7 Å². The van der Waals surface area contributed by atoms with Crippen molar-refractivity contribution in [1.29, 1.82) is 0 Å². The van der Waals surface area contributed by atoms with Crippen molar-refractivity contribution in [3.63, 3.8) is 0 Å². The summed E-state index contributed by atoms with van der Waals surface area (Å²) in [5, 5.41) is 5.43. The highest BCUT2D eigenvalue weighted by Crippen LogP contribution is 2.32. The number of hydrogen-bond donors (Lipinski definition) is 0. The molecule has 7 heteroatoms. The molecule has 2 aliphatic rings. The number of nitrogens with zero attached hydrogens (tertiary/aromatic N) is 4. The summed E-state index contributed by atoms with van der Waals surface area (Å²) in [5.74, 6) is 0.697. The largest absolute Gasteiger partial charge is 0.342 e. The summed E-state index contributed by atoms with van der Waals surface area (Å²) in [4.78, 5) is 29.1. The second kappa shape index (κ2) is 9.03. The predicted octanol–water partition coefficient (Wildman–Crippen LogP) is 3.81. The van der Waals surface area contributed by atoms with Gasteiger partial charge in [-0.2, -0.15) is 5.10 Å². The van der Waals surface area contributed by atoms with Gasteiger partial charge in [0.05, 0.1) is 12.2 Å². The number of aryl methyl sites for hydroxylation is 1. The van der Waals surface area contributed by atoms with Crippen LogP contribution in [0.3, 0.4) is 0 Å². The highest BCUT2D eigenvalue weighted by Gasteiger charge is 2.36. The molecule has 0 radical (unpaired) electrons. The lowest BCUT2D eigenvalue weighted by atomic mass is 9.95. The Morgan fingerprint density at radius 3 is 2.42 bits per heavy atom. The van der Waals surface area contributed by atoms with Crippen LogP contribution in [0.5, 0.6) is 0 Å². The predicted molar refractivity (Wildman–Crippen MR) is 121 cm³/mol. The lowest BCUT2D eigenvalue weighted by Crippen LogP contribution is -2.43. The summed E-state index contributed by atoms with van der Waals surface area (Å²) in [6, 6.07) is 7.79. The van der Waals surface area contributed by atoms with Crippen LogP contribution in [-0.2, 0) is 22.7 Å². The van der Waals surface area contributed by atoms with Gasteiger partial charge in [-0.3, -0.25) is 14.3 Å². The molecule has 0 N–H and O–H groups in total. The van der Waals surface area contributed by atoms with Gasteiger partial charge in [-0.05, 0) is 51.2 Å². The third kappa shape index (κ3) is 4.79. The Kier molecular flexibility index (Phi) is 6.37. The number of carbonyl (C=O) groups excluding carboxylic acids is 2. The normalized spacial score (nSPS) is 17.1. The number of benzene rings is 1. The number of rotatable bonds is 6. The average molecular weight is 443 g/mol. The maximum absolute atomic E-state index is 13.1. The Labute approximate surface area is 189 Å². The fourth-order valence-corrected chi connectivity index (χ4v) is 4.66. The third-order valence-corrected chi connectivity index (χ3v) is 7.03. The number of amides is 2. The van der Waals surface area contributed by atoms with Crippen LogP contribution in [0.1, 0.15) is 48.2 Å². The van der Waals surface area contributed by atoms with Gasteiger partial charge >= 0.3 is 0 Å². The second-order valence-corrected chi connectivity index (χ2v) is 9.37. The molecule has 0 spiro atoms. The van der Waals surface area contributed by atoms with Crippen molar-refractivity contribution in [2.75, 3.05) is 20.1 Å². The Balaban J connectivity index is 1.37. The van der Waals surface area contributed by atoms with Crippen molar-refractivity contribution in [3.8, 4) is 0 Å². The molecule has 2 fully saturated rings. The van der Waals surface area contributed by atoms with Crippen LogP contribution in [0.15, 0.2) is 24.3 Å². The number of carbonyl (C=O) groups is 2. The minimum absolute atomic E-state index is 0.00737. The van der Waals surface area contributed by atoms with Crippen molar-refractivity contribution in [1.82, 2.24) is 19.6 Å². The number of piperidine rings is 1. The van der Waals surface area contributed by atoms with E-state index in [1.807, 2.05) is 59.6 Å². The highest BCUT2D eigenvalue weighted by atomic mass is 35.5. The fraction of sp³-hybridized carbons (Fsp3) is 0.542. The molecule has 166 valence electrons. The van der Waals surface area contributed by atoms with Gasteiger partial charge in [0.15, 0.2) is 0 Å². The highest BCUT2D eigenvalue weighted by molar-refractivity contribution is 6.31. The van der Waals surface area contributed by atoms with Gasteiger partial charge in [-0.1, -0.05) is 29.8 Å². The second-order valence-electron chi connectivity index (χ2n) is 8.97. The van der Waals surface area contributed by atoms with Gasteiger partial charge in [0.2, 0.25) is 11.8 Å². The van der Waals surface area contributed by atoms with E-state index < -0.39 is 0 Å². The third-order valence-electron chi connectivity index (χ3n) is 6.66. The van der Waals surface area contributed by atoms with Gasteiger partial charge in [0, 0.05) is 54.8 Å². The van der Waals surface area contributed by atoms with Crippen LogP contribution in [0.4, 0.5) is 0 Å². The zero-order valence-electron chi connectivity index (χ0n) is 18.6. The summed E-state index contributed by atoms with van der Waals surface area (Å²) in [7, 11) is 1.87. The molecular formula is C24H31ClN4O2. The van der Waals surface area contributed by atoms with Crippen molar-refractivity contribution in [3.05, 3.63) is 51.8 Å². The lowest BCUT2D eigenvalue weighted by Gasteiger charge is -2.33. The van der Waals surface area contributed by atoms with Gasteiger partial charge in [-0.25, -0.2) is 0 Å². The first kappa shape index (κ1) is 21.9. The number of aromatic nitrogens is 2. The van der Waals surface area contributed by atoms with E-state index in [0.717, 1.165) is 53.2 Å².